The number of likely N-dealkylation sites (tertiary alicyclic amines) is 1. The van der Waals surface area contributed by atoms with Crippen molar-refractivity contribution in [2.24, 2.45) is 5.92 Å². The number of carbonyl (C=O) groups is 2. The number of ether oxygens (including phenoxy) is 1. The molecular weight excluding hydrogens is 402 g/mol. The van der Waals surface area contributed by atoms with Gasteiger partial charge in [0.05, 0.1) is 18.2 Å². The van der Waals surface area contributed by atoms with E-state index in [1.54, 1.807) is 17.0 Å². The zero-order valence-corrected chi connectivity index (χ0v) is 19.6. The second kappa shape index (κ2) is 10.0. The molecule has 170 valence electrons. The van der Waals surface area contributed by atoms with Crippen LogP contribution in [-0.2, 0) is 9.59 Å². The number of amides is 1. The highest BCUT2D eigenvalue weighted by molar-refractivity contribution is 6.46. The number of aryl methyl sites for hydroxylation is 2. The summed E-state index contributed by atoms with van der Waals surface area (Å²) in [6.45, 7) is 11.1. The lowest BCUT2D eigenvalue weighted by Crippen LogP contribution is -2.30. The number of nitrogens with zero attached hydrogens (tertiary/aromatic N) is 1. The Balaban J connectivity index is 2.09. The molecule has 1 atom stereocenters. The number of carbonyl (C=O) groups excluding carboxylic acids is 2. The molecule has 1 aliphatic rings. The molecule has 0 radical (unpaired) electrons. The van der Waals surface area contributed by atoms with Gasteiger partial charge in [-0.1, -0.05) is 51.5 Å². The van der Waals surface area contributed by atoms with Crippen molar-refractivity contribution in [3.63, 3.8) is 0 Å². The van der Waals surface area contributed by atoms with Crippen LogP contribution in [-0.4, -0.2) is 34.8 Å². The highest BCUT2D eigenvalue weighted by Gasteiger charge is 2.46. The molecule has 5 heteroatoms. The van der Waals surface area contributed by atoms with E-state index in [1.165, 1.54) is 0 Å². The van der Waals surface area contributed by atoms with Gasteiger partial charge in [0.15, 0.2) is 0 Å². The third-order valence-corrected chi connectivity index (χ3v) is 5.80. The standard InChI is InChI=1S/C27H33NO4/c1-6-7-14-28-24(21-11-9-8-10-18(21)4)23(26(30)27(28)31)25(29)20-12-13-22(19(5)15-20)32-16-17(2)3/h8-13,15,17,24,29H,6-7,14,16H2,1-5H3/b25-23+. The highest BCUT2D eigenvalue weighted by atomic mass is 16.5. The molecule has 2 aromatic carbocycles. The van der Waals surface area contributed by atoms with Crippen LogP contribution in [0.2, 0.25) is 0 Å². The molecule has 0 spiro atoms. The summed E-state index contributed by atoms with van der Waals surface area (Å²) in [7, 11) is 0. The van der Waals surface area contributed by atoms with Gasteiger partial charge in [-0.25, -0.2) is 0 Å². The van der Waals surface area contributed by atoms with Crippen molar-refractivity contribution >= 4 is 17.4 Å². The smallest absolute Gasteiger partial charge is 0.295 e. The first-order valence-corrected chi connectivity index (χ1v) is 11.3. The van der Waals surface area contributed by atoms with Gasteiger partial charge in [0.2, 0.25) is 0 Å². The molecule has 1 saturated heterocycles. The number of hydrogen-bond acceptors (Lipinski definition) is 4. The van der Waals surface area contributed by atoms with Gasteiger partial charge in [-0.15, -0.1) is 0 Å². The Morgan fingerprint density at radius 3 is 2.44 bits per heavy atom. The Bertz CT molecular complexity index is 1040. The molecule has 0 saturated carbocycles. The lowest BCUT2D eigenvalue weighted by Gasteiger charge is -2.26. The third kappa shape index (κ3) is 4.72. The van der Waals surface area contributed by atoms with Crippen LogP contribution in [0.3, 0.4) is 0 Å². The predicted octanol–water partition coefficient (Wildman–Crippen LogP) is 5.56. The monoisotopic (exact) mass is 435 g/mol. The van der Waals surface area contributed by atoms with Gasteiger partial charge < -0.3 is 14.7 Å². The number of rotatable bonds is 8. The van der Waals surface area contributed by atoms with Crippen molar-refractivity contribution in [3.05, 3.63) is 70.3 Å². The number of ketones is 1. The van der Waals surface area contributed by atoms with Crippen LogP contribution in [0.15, 0.2) is 48.0 Å². The largest absolute Gasteiger partial charge is 0.507 e. The third-order valence-electron chi connectivity index (χ3n) is 5.80. The molecule has 3 rings (SSSR count). The van der Waals surface area contributed by atoms with Crippen LogP contribution in [0.1, 0.15) is 61.9 Å². The molecule has 1 aliphatic heterocycles. The molecule has 2 aromatic rings. The summed E-state index contributed by atoms with van der Waals surface area (Å²) in [6, 6.07) is 12.5. The number of aliphatic hydroxyl groups is 1. The Kier molecular flexibility index (Phi) is 7.39. The van der Waals surface area contributed by atoms with E-state index in [2.05, 4.69) is 13.8 Å². The van der Waals surface area contributed by atoms with Crippen molar-refractivity contribution in [2.75, 3.05) is 13.2 Å². The van der Waals surface area contributed by atoms with Gasteiger partial charge in [0.25, 0.3) is 11.7 Å². The predicted molar refractivity (Wildman–Crippen MR) is 127 cm³/mol. The SMILES string of the molecule is CCCCN1C(=O)C(=O)/C(=C(/O)c2ccc(OCC(C)C)c(C)c2)C1c1ccccc1C. The molecule has 0 bridgehead atoms. The number of benzene rings is 2. The van der Waals surface area contributed by atoms with E-state index in [-0.39, 0.29) is 11.3 Å². The molecule has 1 N–H and O–H groups in total. The Morgan fingerprint density at radius 2 is 1.81 bits per heavy atom. The van der Waals surface area contributed by atoms with Gasteiger partial charge in [-0.3, -0.25) is 9.59 Å². The van der Waals surface area contributed by atoms with Crippen molar-refractivity contribution in [1.82, 2.24) is 4.90 Å². The Hall–Kier alpha value is -3.08. The zero-order chi connectivity index (χ0) is 23.4. The maximum Gasteiger partial charge on any atom is 0.295 e. The average molecular weight is 436 g/mol. The quantitative estimate of drug-likeness (QED) is 0.335. The zero-order valence-electron chi connectivity index (χ0n) is 19.6. The molecular formula is C27H33NO4. The number of Topliss-reactive ketones (excluding diaryl/α,β-unsaturated/α-hetero) is 1. The molecule has 1 heterocycles. The van der Waals surface area contributed by atoms with Crippen molar-refractivity contribution in [1.29, 1.82) is 0 Å². The van der Waals surface area contributed by atoms with Crippen LogP contribution >= 0.6 is 0 Å². The topological polar surface area (TPSA) is 66.8 Å². The summed E-state index contributed by atoms with van der Waals surface area (Å²) in [5.41, 5.74) is 3.35. The maximum absolute atomic E-state index is 13.1. The van der Waals surface area contributed by atoms with Gasteiger partial charge in [-0.2, -0.15) is 0 Å². The van der Waals surface area contributed by atoms with Crippen LogP contribution in [0.5, 0.6) is 5.75 Å². The van der Waals surface area contributed by atoms with E-state index in [1.807, 2.05) is 51.1 Å². The van der Waals surface area contributed by atoms with Crippen molar-refractivity contribution < 1.29 is 19.4 Å². The fourth-order valence-electron chi connectivity index (χ4n) is 4.03. The van der Waals surface area contributed by atoms with Crippen LogP contribution in [0, 0.1) is 19.8 Å². The first-order valence-electron chi connectivity index (χ1n) is 11.3. The lowest BCUT2D eigenvalue weighted by molar-refractivity contribution is -0.139. The summed E-state index contributed by atoms with van der Waals surface area (Å²) >= 11 is 0. The van der Waals surface area contributed by atoms with Crippen LogP contribution in [0.4, 0.5) is 0 Å². The average Bonchev–Trinajstić information content (AvgIpc) is 3.01. The van der Waals surface area contributed by atoms with E-state index < -0.39 is 17.7 Å². The van der Waals surface area contributed by atoms with Gasteiger partial charge in [-0.05, 0) is 61.1 Å². The summed E-state index contributed by atoms with van der Waals surface area (Å²) in [4.78, 5) is 27.6. The van der Waals surface area contributed by atoms with Gasteiger partial charge >= 0.3 is 0 Å². The van der Waals surface area contributed by atoms with Crippen molar-refractivity contribution in [3.8, 4) is 5.75 Å². The normalized spacial score (nSPS) is 17.9. The van der Waals surface area contributed by atoms with E-state index >= 15 is 0 Å². The van der Waals surface area contributed by atoms with Gasteiger partial charge in [0, 0.05) is 12.1 Å². The Morgan fingerprint density at radius 1 is 1.09 bits per heavy atom. The van der Waals surface area contributed by atoms with E-state index in [9.17, 15) is 14.7 Å². The van der Waals surface area contributed by atoms with Crippen LogP contribution < -0.4 is 4.74 Å². The van der Waals surface area contributed by atoms with Crippen molar-refractivity contribution in [2.45, 2.75) is 53.5 Å². The van der Waals surface area contributed by atoms with E-state index in [0.717, 1.165) is 35.3 Å². The van der Waals surface area contributed by atoms with E-state index in [0.29, 0.717) is 24.6 Å². The summed E-state index contributed by atoms with van der Waals surface area (Å²) in [6.07, 6.45) is 1.69. The second-order valence-electron chi connectivity index (χ2n) is 8.89. The second-order valence-corrected chi connectivity index (χ2v) is 8.89. The molecule has 0 aliphatic carbocycles. The summed E-state index contributed by atoms with van der Waals surface area (Å²) in [5, 5.41) is 11.2. The first kappa shape index (κ1) is 23.6. The fraction of sp³-hybridized carbons (Fsp3) is 0.407. The molecule has 32 heavy (non-hydrogen) atoms. The van der Waals surface area contributed by atoms with E-state index in [4.69, 9.17) is 4.74 Å². The number of hydrogen-bond donors (Lipinski definition) is 1. The molecule has 1 unspecified atom stereocenters. The molecule has 5 nitrogen and oxygen atoms in total. The van der Waals surface area contributed by atoms with Gasteiger partial charge in [0.1, 0.15) is 11.5 Å². The number of unbranched alkanes of at least 4 members (excludes halogenated alkanes) is 1. The first-order chi connectivity index (χ1) is 15.3. The fourth-order valence-corrected chi connectivity index (χ4v) is 4.03. The summed E-state index contributed by atoms with van der Waals surface area (Å²) in [5.74, 6) is -0.189. The minimum atomic E-state index is -0.635. The molecule has 1 amide bonds. The minimum absolute atomic E-state index is 0.144. The molecule has 0 aromatic heterocycles. The summed E-state index contributed by atoms with van der Waals surface area (Å²) < 4.78 is 5.84. The molecule has 1 fully saturated rings. The lowest BCUT2D eigenvalue weighted by atomic mass is 9.92. The maximum atomic E-state index is 13.1. The Labute approximate surface area is 190 Å². The van der Waals surface area contributed by atoms with Crippen LogP contribution in [0.25, 0.3) is 5.76 Å². The minimum Gasteiger partial charge on any atom is -0.507 e. The number of aliphatic hydroxyl groups excluding tert-OH is 1. The highest BCUT2D eigenvalue weighted by Crippen LogP contribution is 2.41.